The molecule has 0 spiro atoms. The molecule has 0 saturated carbocycles. The fourth-order valence-corrected chi connectivity index (χ4v) is 2.76. The molecule has 1 aliphatic heterocycles. The monoisotopic (exact) mass is 300 g/mol. The van der Waals surface area contributed by atoms with Gasteiger partial charge in [0.15, 0.2) is 0 Å². The quantitative estimate of drug-likeness (QED) is 0.879. The Hall–Kier alpha value is -2.00. The lowest BCUT2D eigenvalue weighted by Crippen LogP contribution is -2.33. The number of anilines is 2. The second kappa shape index (κ2) is 5.78. The number of nitrogens with one attached hydrogen (secondary N) is 2. The molecule has 0 radical (unpaired) electrons. The van der Waals surface area contributed by atoms with Gasteiger partial charge in [-0.25, -0.2) is 0 Å². The van der Waals surface area contributed by atoms with E-state index >= 15 is 0 Å². The SMILES string of the molecule is Cc1ccc(Cl)cc1NC1CCc2ccccc2NC1=O. The van der Waals surface area contributed by atoms with E-state index in [2.05, 4.69) is 16.7 Å². The van der Waals surface area contributed by atoms with Crippen molar-refractivity contribution in [3.05, 3.63) is 58.6 Å². The minimum atomic E-state index is -0.255. The summed E-state index contributed by atoms with van der Waals surface area (Å²) in [5, 5.41) is 6.98. The van der Waals surface area contributed by atoms with Crippen LogP contribution >= 0.6 is 11.6 Å². The van der Waals surface area contributed by atoms with Crippen LogP contribution in [0.2, 0.25) is 5.02 Å². The van der Waals surface area contributed by atoms with Gasteiger partial charge < -0.3 is 10.6 Å². The summed E-state index contributed by atoms with van der Waals surface area (Å²) in [6, 6.07) is 13.4. The molecule has 3 nitrogen and oxygen atoms in total. The van der Waals surface area contributed by atoms with Crippen LogP contribution in [0.15, 0.2) is 42.5 Å². The highest BCUT2D eigenvalue weighted by Crippen LogP contribution is 2.25. The van der Waals surface area contributed by atoms with Gasteiger partial charge in [0.2, 0.25) is 5.91 Å². The van der Waals surface area contributed by atoms with E-state index in [1.54, 1.807) is 0 Å². The predicted molar refractivity (Wildman–Crippen MR) is 87.0 cm³/mol. The molecule has 0 saturated heterocycles. The van der Waals surface area contributed by atoms with Crippen molar-refractivity contribution in [2.24, 2.45) is 0 Å². The van der Waals surface area contributed by atoms with Gasteiger partial charge in [-0.15, -0.1) is 0 Å². The number of para-hydroxylation sites is 1. The number of fused-ring (bicyclic) bond motifs is 1. The normalized spacial score (nSPS) is 17.6. The highest BCUT2D eigenvalue weighted by Gasteiger charge is 2.23. The summed E-state index contributed by atoms with van der Waals surface area (Å²) in [7, 11) is 0. The van der Waals surface area contributed by atoms with Crippen molar-refractivity contribution in [1.29, 1.82) is 0 Å². The molecule has 3 rings (SSSR count). The third kappa shape index (κ3) is 3.03. The highest BCUT2D eigenvalue weighted by molar-refractivity contribution is 6.30. The molecule has 4 heteroatoms. The number of aryl methyl sites for hydroxylation is 2. The minimum absolute atomic E-state index is 0.000625. The lowest BCUT2D eigenvalue weighted by molar-refractivity contribution is -0.116. The van der Waals surface area contributed by atoms with E-state index in [0.717, 1.165) is 29.8 Å². The van der Waals surface area contributed by atoms with Crippen LogP contribution in [-0.4, -0.2) is 11.9 Å². The molecule has 0 bridgehead atoms. The molecule has 21 heavy (non-hydrogen) atoms. The zero-order valence-corrected chi connectivity index (χ0v) is 12.6. The number of hydrogen-bond donors (Lipinski definition) is 2. The molecule has 1 heterocycles. The molecular formula is C17H17ClN2O. The number of carbonyl (C=O) groups is 1. The zero-order valence-electron chi connectivity index (χ0n) is 11.8. The van der Waals surface area contributed by atoms with E-state index < -0.39 is 0 Å². The minimum Gasteiger partial charge on any atom is -0.373 e. The molecule has 1 amide bonds. The first-order chi connectivity index (χ1) is 10.1. The molecule has 1 aliphatic rings. The second-order valence-electron chi connectivity index (χ2n) is 5.34. The van der Waals surface area contributed by atoms with Crippen molar-refractivity contribution < 1.29 is 4.79 Å². The van der Waals surface area contributed by atoms with Gasteiger partial charge in [0.25, 0.3) is 0 Å². The van der Waals surface area contributed by atoms with Gasteiger partial charge in [0.05, 0.1) is 0 Å². The van der Waals surface area contributed by atoms with E-state index in [9.17, 15) is 4.79 Å². The average Bonchev–Trinajstić information content (AvgIpc) is 2.62. The van der Waals surface area contributed by atoms with E-state index in [1.165, 1.54) is 5.56 Å². The largest absolute Gasteiger partial charge is 0.373 e. The van der Waals surface area contributed by atoms with Crippen LogP contribution in [0.25, 0.3) is 0 Å². The zero-order chi connectivity index (χ0) is 14.8. The third-order valence-corrected chi connectivity index (χ3v) is 4.06. The first-order valence-corrected chi connectivity index (χ1v) is 7.43. The van der Waals surface area contributed by atoms with Crippen LogP contribution in [0.3, 0.4) is 0 Å². The van der Waals surface area contributed by atoms with Crippen molar-refractivity contribution >= 4 is 28.9 Å². The number of halogens is 1. The molecule has 2 aromatic carbocycles. The number of carbonyl (C=O) groups excluding carboxylic acids is 1. The van der Waals surface area contributed by atoms with Gasteiger partial charge >= 0.3 is 0 Å². The van der Waals surface area contributed by atoms with Gasteiger partial charge in [0, 0.05) is 16.4 Å². The Morgan fingerprint density at radius 2 is 2.05 bits per heavy atom. The summed E-state index contributed by atoms with van der Waals surface area (Å²) in [6.45, 7) is 2.00. The average molecular weight is 301 g/mol. The van der Waals surface area contributed by atoms with Crippen molar-refractivity contribution in [1.82, 2.24) is 0 Å². The van der Waals surface area contributed by atoms with Crippen molar-refractivity contribution in [2.45, 2.75) is 25.8 Å². The molecule has 0 aromatic heterocycles. The van der Waals surface area contributed by atoms with Crippen LogP contribution in [-0.2, 0) is 11.2 Å². The van der Waals surface area contributed by atoms with Crippen molar-refractivity contribution in [3.8, 4) is 0 Å². The van der Waals surface area contributed by atoms with Crippen LogP contribution in [0.4, 0.5) is 11.4 Å². The Bertz CT molecular complexity index is 684. The maximum absolute atomic E-state index is 12.4. The second-order valence-corrected chi connectivity index (χ2v) is 5.78. The third-order valence-electron chi connectivity index (χ3n) is 3.82. The standard InChI is InChI=1S/C17H17ClN2O/c1-11-6-8-13(18)10-16(11)19-15-9-7-12-4-2-3-5-14(12)20-17(15)21/h2-6,8,10,15,19H,7,9H2,1H3,(H,20,21). The summed E-state index contributed by atoms with van der Waals surface area (Å²) in [5.74, 6) is -0.000625. The first-order valence-electron chi connectivity index (χ1n) is 7.05. The van der Waals surface area contributed by atoms with Crippen LogP contribution in [0.1, 0.15) is 17.5 Å². The van der Waals surface area contributed by atoms with Gasteiger partial charge in [-0.05, 0) is 49.1 Å². The van der Waals surface area contributed by atoms with E-state index in [1.807, 2.05) is 43.3 Å². The van der Waals surface area contributed by atoms with Gasteiger partial charge in [-0.2, -0.15) is 0 Å². The molecule has 108 valence electrons. The van der Waals surface area contributed by atoms with Crippen LogP contribution in [0, 0.1) is 6.92 Å². The maximum Gasteiger partial charge on any atom is 0.246 e. The van der Waals surface area contributed by atoms with Gasteiger partial charge in [-0.1, -0.05) is 35.9 Å². The Balaban J connectivity index is 1.81. The Morgan fingerprint density at radius 1 is 1.24 bits per heavy atom. The smallest absolute Gasteiger partial charge is 0.246 e. The van der Waals surface area contributed by atoms with E-state index in [-0.39, 0.29) is 11.9 Å². The summed E-state index contributed by atoms with van der Waals surface area (Å²) >= 11 is 6.04. The Morgan fingerprint density at radius 3 is 2.90 bits per heavy atom. The highest BCUT2D eigenvalue weighted by atomic mass is 35.5. The molecule has 1 unspecified atom stereocenters. The lowest BCUT2D eigenvalue weighted by Gasteiger charge is -2.18. The van der Waals surface area contributed by atoms with Crippen LogP contribution in [0.5, 0.6) is 0 Å². The molecule has 1 atom stereocenters. The fraction of sp³-hybridized carbons (Fsp3) is 0.235. The number of benzene rings is 2. The number of rotatable bonds is 2. The number of amides is 1. The molecular weight excluding hydrogens is 284 g/mol. The topological polar surface area (TPSA) is 41.1 Å². The molecule has 0 aliphatic carbocycles. The maximum atomic E-state index is 12.4. The van der Waals surface area contributed by atoms with E-state index in [0.29, 0.717) is 5.02 Å². The van der Waals surface area contributed by atoms with Crippen LogP contribution < -0.4 is 10.6 Å². The summed E-state index contributed by atoms with van der Waals surface area (Å²) in [6.07, 6.45) is 1.63. The summed E-state index contributed by atoms with van der Waals surface area (Å²) in [4.78, 5) is 12.4. The van der Waals surface area contributed by atoms with Crippen molar-refractivity contribution in [3.63, 3.8) is 0 Å². The lowest BCUT2D eigenvalue weighted by atomic mass is 10.1. The first kappa shape index (κ1) is 14.0. The van der Waals surface area contributed by atoms with Gasteiger partial charge in [-0.3, -0.25) is 4.79 Å². The Labute approximate surface area is 129 Å². The predicted octanol–water partition coefficient (Wildman–Crippen LogP) is 4.01. The molecule has 2 N–H and O–H groups in total. The van der Waals surface area contributed by atoms with Crippen molar-refractivity contribution in [2.75, 3.05) is 10.6 Å². The fourth-order valence-electron chi connectivity index (χ4n) is 2.59. The van der Waals surface area contributed by atoms with E-state index in [4.69, 9.17) is 11.6 Å². The van der Waals surface area contributed by atoms with Gasteiger partial charge in [0.1, 0.15) is 6.04 Å². The summed E-state index contributed by atoms with van der Waals surface area (Å²) < 4.78 is 0. The molecule has 0 fully saturated rings. The Kier molecular flexibility index (Phi) is 3.84. The molecule has 2 aromatic rings. The number of hydrogen-bond acceptors (Lipinski definition) is 2. The summed E-state index contributed by atoms with van der Waals surface area (Å²) in [5.41, 5.74) is 4.08.